The van der Waals surface area contributed by atoms with E-state index in [1.807, 2.05) is 24.4 Å². The van der Waals surface area contributed by atoms with Crippen LogP contribution in [0, 0.1) is 0 Å². The van der Waals surface area contributed by atoms with Crippen molar-refractivity contribution >= 4 is 23.4 Å². The minimum atomic E-state index is 0.0218. The summed E-state index contributed by atoms with van der Waals surface area (Å²) >= 11 is 1.73. The number of aromatic nitrogens is 2. The molecule has 0 amide bonds. The molecular formula is C14H18N4S. The van der Waals surface area contributed by atoms with E-state index in [1.165, 1.54) is 4.88 Å². The molecular weight excluding hydrogens is 256 g/mol. The second-order valence-electron chi connectivity index (χ2n) is 5.26. The van der Waals surface area contributed by atoms with E-state index in [2.05, 4.69) is 52.9 Å². The zero-order valence-corrected chi connectivity index (χ0v) is 12.2. The third-order valence-corrected chi connectivity index (χ3v) is 3.47. The van der Waals surface area contributed by atoms with Crippen molar-refractivity contribution in [1.29, 1.82) is 0 Å². The molecule has 2 aromatic heterocycles. The number of nitrogens with one attached hydrogen (secondary N) is 1. The Bertz CT molecular complexity index is 524. The number of nitrogens with zero attached hydrogens (tertiary/aromatic N) is 3. The van der Waals surface area contributed by atoms with Crippen LogP contribution in [0.25, 0.3) is 0 Å². The molecule has 100 valence electrons. The lowest BCUT2D eigenvalue weighted by molar-refractivity contribution is 0.559. The minimum absolute atomic E-state index is 0.0218. The monoisotopic (exact) mass is 274 g/mol. The Morgan fingerprint density at radius 2 is 2.11 bits per heavy atom. The summed E-state index contributed by atoms with van der Waals surface area (Å²) in [6.07, 6.45) is 2.67. The van der Waals surface area contributed by atoms with Gasteiger partial charge in [0, 0.05) is 22.9 Å². The lowest BCUT2D eigenvalue weighted by Gasteiger charge is -2.16. The van der Waals surface area contributed by atoms with Gasteiger partial charge in [-0.05, 0) is 23.6 Å². The lowest BCUT2D eigenvalue weighted by Crippen LogP contribution is -2.14. The first-order valence-electron chi connectivity index (χ1n) is 6.20. The van der Waals surface area contributed by atoms with Gasteiger partial charge in [0.25, 0.3) is 0 Å². The van der Waals surface area contributed by atoms with Gasteiger partial charge in [-0.3, -0.25) is 5.43 Å². The molecule has 0 spiro atoms. The van der Waals surface area contributed by atoms with Crippen molar-refractivity contribution in [1.82, 2.24) is 10.2 Å². The molecule has 2 heterocycles. The number of anilines is 1. The molecule has 1 N–H and O–H groups in total. The maximum absolute atomic E-state index is 4.19. The average Bonchev–Trinajstić information content (AvgIpc) is 2.87. The first-order valence-corrected chi connectivity index (χ1v) is 7.08. The topological polar surface area (TPSA) is 50.2 Å². The van der Waals surface area contributed by atoms with E-state index < -0.39 is 0 Å². The molecule has 0 atom stereocenters. The van der Waals surface area contributed by atoms with E-state index in [0.29, 0.717) is 5.82 Å². The number of thiophene rings is 1. The summed E-state index contributed by atoms with van der Waals surface area (Å²) in [5.74, 6) is 0.662. The van der Waals surface area contributed by atoms with Crippen molar-refractivity contribution in [2.75, 3.05) is 5.43 Å². The van der Waals surface area contributed by atoms with E-state index in [1.54, 1.807) is 11.3 Å². The SMILES string of the molecule is CC(C)(C)c1ccc(NN=CCc2cccs2)nn1. The molecule has 0 aliphatic rings. The van der Waals surface area contributed by atoms with Gasteiger partial charge in [-0.25, -0.2) is 0 Å². The first kappa shape index (κ1) is 13.7. The second-order valence-corrected chi connectivity index (χ2v) is 6.29. The Kier molecular flexibility index (Phi) is 4.27. The van der Waals surface area contributed by atoms with E-state index >= 15 is 0 Å². The van der Waals surface area contributed by atoms with Crippen LogP contribution in [-0.4, -0.2) is 16.4 Å². The Balaban J connectivity index is 1.88. The lowest BCUT2D eigenvalue weighted by atomic mass is 9.92. The number of hydrogen-bond acceptors (Lipinski definition) is 5. The zero-order valence-electron chi connectivity index (χ0n) is 11.4. The van der Waals surface area contributed by atoms with Gasteiger partial charge in [-0.2, -0.15) is 10.2 Å². The van der Waals surface area contributed by atoms with Gasteiger partial charge in [0.1, 0.15) is 0 Å². The van der Waals surface area contributed by atoms with Crippen molar-refractivity contribution in [3.8, 4) is 0 Å². The summed E-state index contributed by atoms with van der Waals surface area (Å²) in [4.78, 5) is 1.29. The van der Waals surface area contributed by atoms with Crippen LogP contribution in [0.2, 0.25) is 0 Å². The van der Waals surface area contributed by atoms with Crippen molar-refractivity contribution < 1.29 is 0 Å². The fourth-order valence-electron chi connectivity index (χ4n) is 1.47. The largest absolute Gasteiger partial charge is 0.260 e. The smallest absolute Gasteiger partial charge is 0.168 e. The quantitative estimate of drug-likeness (QED) is 0.686. The molecule has 0 aromatic carbocycles. The predicted octanol–water partition coefficient (Wildman–Crippen LogP) is 3.48. The molecule has 0 bridgehead atoms. The van der Waals surface area contributed by atoms with Crippen LogP contribution < -0.4 is 5.43 Å². The van der Waals surface area contributed by atoms with Crippen LogP contribution in [0.4, 0.5) is 5.82 Å². The first-order chi connectivity index (χ1) is 9.05. The second kappa shape index (κ2) is 5.93. The third-order valence-electron chi connectivity index (χ3n) is 2.58. The highest BCUT2D eigenvalue weighted by atomic mass is 32.1. The van der Waals surface area contributed by atoms with Crippen LogP contribution in [0.1, 0.15) is 31.3 Å². The highest BCUT2D eigenvalue weighted by Gasteiger charge is 2.15. The molecule has 0 saturated carbocycles. The summed E-state index contributed by atoms with van der Waals surface area (Å²) in [7, 11) is 0. The molecule has 4 nitrogen and oxygen atoms in total. The Labute approximate surface area is 117 Å². The molecule has 0 aliphatic heterocycles. The third kappa shape index (κ3) is 4.13. The minimum Gasteiger partial charge on any atom is -0.260 e. The summed E-state index contributed by atoms with van der Waals surface area (Å²) in [6, 6.07) is 8.01. The Morgan fingerprint density at radius 1 is 1.26 bits per heavy atom. The van der Waals surface area contributed by atoms with Gasteiger partial charge >= 0.3 is 0 Å². The molecule has 2 aromatic rings. The van der Waals surface area contributed by atoms with Crippen molar-refractivity contribution in [2.45, 2.75) is 32.6 Å². The Hall–Kier alpha value is -1.75. The molecule has 0 aliphatic carbocycles. The molecule has 0 unspecified atom stereocenters. The number of hydrazone groups is 1. The van der Waals surface area contributed by atoms with Gasteiger partial charge < -0.3 is 0 Å². The summed E-state index contributed by atoms with van der Waals surface area (Å²) in [5, 5.41) is 14.5. The van der Waals surface area contributed by atoms with Gasteiger partial charge in [0.15, 0.2) is 5.82 Å². The summed E-state index contributed by atoms with van der Waals surface area (Å²) in [6.45, 7) is 6.34. The maximum atomic E-state index is 4.19. The fraction of sp³-hybridized carbons (Fsp3) is 0.357. The predicted molar refractivity (Wildman–Crippen MR) is 80.9 cm³/mol. The molecule has 2 rings (SSSR count). The highest BCUT2D eigenvalue weighted by Crippen LogP contribution is 2.19. The van der Waals surface area contributed by atoms with Crippen LogP contribution in [0.3, 0.4) is 0 Å². The molecule has 19 heavy (non-hydrogen) atoms. The summed E-state index contributed by atoms with van der Waals surface area (Å²) < 4.78 is 0. The highest BCUT2D eigenvalue weighted by molar-refractivity contribution is 7.10. The standard InChI is InChI=1S/C14H18N4S/c1-14(2,3)12-6-7-13(18-16-12)17-15-9-8-11-5-4-10-19-11/h4-7,9-10H,8H2,1-3H3,(H,17,18). The van der Waals surface area contributed by atoms with Gasteiger partial charge in [-0.1, -0.05) is 26.8 Å². The van der Waals surface area contributed by atoms with Crippen molar-refractivity contribution in [2.24, 2.45) is 5.10 Å². The van der Waals surface area contributed by atoms with Crippen molar-refractivity contribution in [3.63, 3.8) is 0 Å². The molecule has 0 fully saturated rings. The molecule has 5 heteroatoms. The van der Waals surface area contributed by atoms with Crippen molar-refractivity contribution in [3.05, 3.63) is 40.2 Å². The van der Waals surface area contributed by atoms with Crippen LogP contribution in [0.15, 0.2) is 34.7 Å². The van der Waals surface area contributed by atoms with Gasteiger partial charge in [-0.15, -0.1) is 16.4 Å². The fourth-order valence-corrected chi connectivity index (χ4v) is 2.13. The maximum Gasteiger partial charge on any atom is 0.168 e. The van der Waals surface area contributed by atoms with Crippen LogP contribution >= 0.6 is 11.3 Å². The van der Waals surface area contributed by atoms with E-state index in [0.717, 1.165) is 12.1 Å². The van der Waals surface area contributed by atoms with E-state index in [4.69, 9.17) is 0 Å². The summed E-state index contributed by atoms with van der Waals surface area (Å²) in [5.41, 5.74) is 3.88. The van der Waals surface area contributed by atoms with Gasteiger partial charge in [0.05, 0.1) is 5.69 Å². The molecule has 0 radical (unpaired) electrons. The van der Waals surface area contributed by atoms with E-state index in [9.17, 15) is 0 Å². The molecule has 0 saturated heterocycles. The Morgan fingerprint density at radius 3 is 2.68 bits per heavy atom. The van der Waals surface area contributed by atoms with Crippen LogP contribution in [0.5, 0.6) is 0 Å². The number of hydrogen-bond donors (Lipinski definition) is 1. The normalized spacial score (nSPS) is 11.9. The van der Waals surface area contributed by atoms with Crippen LogP contribution in [-0.2, 0) is 11.8 Å². The zero-order chi connectivity index (χ0) is 13.7. The van der Waals surface area contributed by atoms with Gasteiger partial charge in [0.2, 0.25) is 0 Å². The average molecular weight is 274 g/mol. The van der Waals surface area contributed by atoms with E-state index in [-0.39, 0.29) is 5.41 Å². The number of rotatable bonds is 4.